The van der Waals surface area contributed by atoms with Crippen LogP contribution in [0.25, 0.3) is 0 Å². The van der Waals surface area contributed by atoms with E-state index in [0.29, 0.717) is 6.54 Å². The summed E-state index contributed by atoms with van der Waals surface area (Å²) in [5.74, 6) is -2.70. The first-order valence-electron chi connectivity index (χ1n) is 11.7. The van der Waals surface area contributed by atoms with Crippen LogP contribution in [0, 0.1) is 5.92 Å². The van der Waals surface area contributed by atoms with Gasteiger partial charge in [-0.1, -0.05) is 6.92 Å². The molecule has 0 saturated heterocycles. The van der Waals surface area contributed by atoms with Gasteiger partial charge in [-0.25, -0.2) is 13.2 Å². The summed E-state index contributed by atoms with van der Waals surface area (Å²) in [6.45, 7) is 7.82. The molecular weight excluding hydrogens is 517 g/mol. The summed E-state index contributed by atoms with van der Waals surface area (Å²) in [5, 5.41) is 2.87. The molecule has 2 rings (SSSR count). The lowest BCUT2D eigenvalue weighted by atomic mass is 10.0. The van der Waals surface area contributed by atoms with Crippen LogP contribution in [0.3, 0.4) is 0 Å². The van der Waals surface area contributed by atoms with E-state index in [0.717, 1.165) is 6.07 Å². The van der Waals surface area contributed by atoms with Gasteiger partial charge in [0.05, 0.1) is 17.7 Å². The van der Waals surface area contributed by atoms with Crippen LogP contribution in [0.2, 0.25) is 0 Å². The number of sulfonamides is 1. The largest absolute Gasteiger partial charge is 0.491 e. The summed E-state index contributed by atoms with van der Waals surface area (Å²) in [6, 6.07) is 2.83. The molecule has 0 spiro atoms. The minimum absolute atomic E-state index is 0.000966. The predicted molar refractivity (Wildman–Crippen MR) is 132 cm³/mol. The number of methoxy groups -OCH3 is 1. The molecule has 1 aromatic rings. The second-order valence-electron chi connectivity index (χ2n) is 9.54. The van der Waals surface area contributed by atoms with Crippen molar-refractivity contribution >= 4 is 27.6 Å². The predicted octanol–water partition coefficient (Wildman–Crippen LogP) is 2.91. The molecule has 2 N–H and O–H groups in total. The number of hydrogen-bond acceptors (Lipinski definition) is 6. The van der Waals surface area contributed by atoms with Gasteiger partial charge in [-0.15, -0.1) is 0 Å². The highest BCUT2D eigenvalue weighted by Crippen LogP contribution is 2.28. The number of rotatable bonds is 5. The molecule has 14 heteroatoms. The first-order chi connectivity index (χ1) is 17.0. The molecule has 0 radical (unpaired) electrons. The lowest BCUT2D eigenvalue weighted by molar-refractivity contribution is -0.106. The SMILES string of the molecule is CO[C@H]1CN(C)C(=O)c2cc(NS(=O)(=O)CC(F)(F)F)ccc2OC[C@@H](C)N(C(=O)NC(C)C)C[C@@H]1C. The molecule has 3 amide bonds. The second kappa shape index (κ2) is 12.2. The van der Waals surface area contributed by atoms with Gasteiger partial charge in [0.15, 0.2) is 5.75 Å². The molecule has 10 nitrogen and oxygen atoms in total. The van der Waals surface area contributed by atoms with Crippen LogP contribution in [0.15, 0.2) is 18.2 Å². The Morgan fingerprint density at radius 1 is 1.24 bits per heavy atom. The third kappa shape index (κ3) is 8.95. The van der Waals surface area contributed by atoms with E-state index in [1.165, 1.54) is 31.2 Å². The number of carbonyl (C=O) groups is 2. The third-order valence-electron chi connectivity index (χ3n) is 5.74. The zero-order chi connectivity index (χ0) is 28.1. The molecule has 37 heavy (non-hydrogen) atoms. The molecule has 1 heterocycles. The van der Waals surface area contributed by atoms with Crippen molar-refractivity contribution in [1.82, 2.24) is 15.1 Å². The zero-order valence-corrected chi connectivity index (χ0v) is 22.6. The Balaban J connectivity index is 2.46. The number of alkyl halides is 3. The number of ether oxygens (including phenoxy) is 2. The van der Waals surface area contributed by atoms with Crippen molar-refractivity contribution in [2.24, 2.45) is 5.92 Å². The molecule has 1 aliphatic rings. The number of anilines is 1. The highest BCUT2D eigenvalue weighted by atomic mass is 32.2. The quantitative estimate of drug-likeness (QED) is 0.580. The Hall–Kier alpha value is -2.74. The minimum atomic E-state index is -4.93. The number of carbonyl (C=O) groups excluding carboxylic acids is 2. The number of urea groups is 1. The van der Waals surface area contributed by atoms with E-state index in [4.69, 9.17) is 9.47 Å². The highest BCUT2D eigenvalue weighted by molar-refractivity contribution is 7.92. The van der Waals surface area contributed by atoms with Gasteiger partial charge in [0.25, 0.3) is 5.91 Å². The molecule has 0 unspecified atom stereocenters. The van der Waals surface area contributed by atoms with Gasteiger partial charge in [-0.3, -0.25) is 9.52 Å². The first-order valence-corrected chi connectivity index (χ1v) is 13.4. The van der Waals surface area contributed by atoms with Crippen LogP contribution in [-0.4, -0.2) is 94.1 Å². The summed E-state index contributed by atoms with van der Waals surface area (Å²) in [7, 11) is -1.74. The number of amides is 3. The van der Waals surface area contributed by atoms with E-state index in [-0.39, 0.29) is 48.1 Å². The monoisotopic (exact) mass is 552 g/mol. The van der Waals surface area contributed by atoms with Crippen LogP contribution in [0.1, 0.15) is 38.1 Å². The van der Waals surface area contributed by atoms with E-state index in [9.17, 15) is 31.2 Å². The minimum Gasteiger partial charge on any atom is -0.491 e. The van der Waals surface area contributed by atoms with Crippen LogP contribution in [0.4, 0.5) is 23.7 Å². The average Bonchev–Trinajstić information content (AvgIpc) is 2.75. The van der Waals surface area contributed by atoms with Gasteiger partial charge in [-0.2, -0.15) is 13.2 Å². The molecule has 3 atom stereocenters. The molecule has 1 aliphatic heterocycles. The van der Waals surface area contributed by atoms with Crippen molar-refractivity contribution in [3.8, 4) is 5.75 Å². The van der Waals surface area contributed by atoms with E-state index < -0.39 is 40.0 Å². The number of nitrogens with one attached hydrogen (secondary N) is 2. The summed E-state index contributed by atoms with van der Waals surface area (Å²) in [6.07, 6.45) is -5.38. The van der Waals surface area contributed by atoms with Gasteiger partial charge >= 0.3 is 12.2 Å². The molecule has 0 aliphatic carbocycles. The van der Waals surface area contributed by atoms with Crippen molar-refractivity contribution in [3.05, 3.63) is 23.8 Å². The van der Waals surface area contributed by atoms with Crippen molar-refractivity contribution in [3.63, 3.8) is 0 Å². The van der Waals surface area contributed by atoms with Gasteiger partial charge < -0.3 is 24.6 Å². The maximum atomic E-state index is 13.3. The van der Waals surface area contributed by atoms with Gasteiger partial charge in [-0.05, 0) is 39.0 Å². The molecule has 0 saturated carbocycles. The van der Waals surface area contributed by atoms with Crippen molar-refractivity contribution in [2.75, 3.05) is 44.3 Å². The smallest absolute Gasteiger partial charge is 0.404 e. The number of hydrogen-bond donors (Lipinski definition) is 2. The van der Waals surface area contributed by atoms with Gasteiger partial charge in [0, 0.05) is 44.9 Å². The number of nitrogens with zero attached hydrogens (tertiary/aromatic N) is 2. The Kier molecular flexibility index (Phi) is 10.1. The van der Waals surface area contributed by atoms with Gasteiger partial charge in [0.1, 0.15) is 12.4 Å². The first kappa shape index (κ1) is 30.5. The zero-order valence-electron chi connectivity index (χ0n) is 21.8. The van der Waals surface area contributed by atoms with Crippen LogP contribution in [0.5, 0.6) is 5.75 Å². The topological polar surface area (TPSA) is 117 Å². The van der Waals surface area contributed by atoms with E-state index in [1.807, 2.05) is 25.5 Å². The number of likely N-dealkylation sites (N-methyl/N-ethyl adjacent to an activating group) is 1. The molecule has 0 fully saturated rings. The fraction of sp³-hybridized carbons (Fsp3) is 0.652. The fourth-order valence-electron chi connectivity index (χ4n) is 3.88. The Morgan fingerprint density at radius 2 is 1.89 bits per heavy atom. The van der Waals surface area contributed by atoms with Crippen LogP contribution >= 0.6 is 0 Å². The molecule has 210 valence electrons. The normalized spacial score (nSPS) is 22.0. The van der Waals surface area contributed by atoms with Crippen molar-refractivity contribution in [2.45, 2.75) is 52.1 Å². The van der Waals surface area contributed by atoms with E-state index >= 15 is 0 Å². The third-order valence-corrected chi connectivity index (χ3v) is 7.00. The van der Waals surface area contributed by atoms with Gasteiger partial charge in [0.2, 0.25) is 10.0 Å². The molecular formula is C23H35F3N4O6S. The number of halogens is 3. The Bertz CT molecular complexity index is 1070. The molecule has 1 aromatic carbocycles. The second-order valence-corrected chi connectivity index (χ2v) is 11.3. The van der Waals surface area contributed by atoms with Crippen molar-refractivity contribution in [1.29, 1.82) is 0 Å². The lowest BCUT2D eigenvalue weighted by Crippen LogP contribution is -2.52. The number of benzene rings is 1. The highest BCUT2D eigenvalue weighted by Gasteiger charge is 2.35. The summed E-state index contributed by atoms with van der Waals surface area (Å²) in [5.41, 5.74) is -0.272. The van der Waals surface area contributed by atoms with Crippen LogP contribution < -0.4 is 14.8 Å². The lowest BCUT2D eigenvalue weighted by Gasteiger charge is -2.36. The summed E-state index contributed by atoms with van der Waals surface area (Å²) >= 11 is 0. The molecule has 0 bridgehead atoms. The standard InChI is InChI=1S/C23H35F3N4O6S/c1-14(2)27-22(32)30-10-15(3)20(35-6)11-29(5)21(31)18-9-17(7-8-19(18)36-12-16(30)4)28-37(33,34)13-23(24,25)26/h7-9,14-16,20,28H,10-13H2,1-6H3,(H,27,32)/t15-,16+,20-/m0/s1. The Labute approximate surface area is 215 Å². The Morgan fingerprint density at radius 3 is 2.46 bits per heavy atom. The van der Waals surface area contributed by atoms with Crippen LogP contribution in [-0.2, 0) is 14.8 Å². The maximum Gasteiger partial charge on any atom is 0.404 e. The molecule has 0 aromatic heterocycles. The summed E-state index contributed by atoms with van der Waals surface area (Å²) < 4.78 is 75.2. The number of fused-ring (bicyclic) bond motifs is 1. The van der Waals surface area contributed by atoms with Crippen molar-refractivity contribution < 1.29 is 40.7 Å². The van der Waals surface area contributed by atoms with E-state index in [2.05, 4.69) is 5.32 Å². The summed E-state index contributed by atoms with van der Waals surface area (Å²) in [4.78, 5) is 29.2. The maximum absolute atomic E-state index is 13.3. The fourth-order valence-corrected chi connectivity index (χ4v) is 4.87. The van der Waals surface area contributed by atoms with E-state index in [1.54, 1.807) is 11.8 Å². The average molecular weight is 553 g/mol.